The number of carbonyl (C=O) groups excluding carboxylic acids is 1. The number of rotatable bonds is 7. The van der Waals surface area contributed by atoms with Crippen molar-refractivity contribution >= 4 is 5.91 Å². The maximum atomic E-state index is 12.7. The van der Waals surface area contributed by atoms with Crippen LogP contribution in [0.15, 0.2) is 42.5 Å². The van der Waals surface area contributed by atoms with Gasteiger partial charge in [-0.05, 0) is 50.4 Å². The van der Waals surface area contributed by atoms with Crippen LogP contribution in [0, 0.1) is 6.92 Å². The third kappa shape index (κ3) is 4.47. The molecule has 1 fully saturated rings. The molecular weight excluding hydrogens is 352 g/mol. The number of methoxy groups -OCH3 is 2. The standard InChI is InChI=1S/C23H30N2O3/c1-16-8-5-6-9-19(16)17(2)24-23(26)15-25-13-7-10-21(25)20-12-11-18(27-3)14-22(20)28-4/h5-6,8-9,11-12,14,17,21H,7,10,13,15H2,1-4H3,(H,24,26)/t17-,21-/m1/s1. The summed E-state index contributed by atoms with van der Waals surface area (Å²) in [7, 11) is 3.32. The fraction of sp³-hybridized carbons (Fsp3) is 0.435. The van der Waals surface area contributed by atoms with Gasteiger partial charge in [-0.2, -0.15) is 0 Å². The number of hydrogen-bond acceptors (Lipinski definition) is 4. The van der Waals surface area contributed by atoms with Crippen LogP contribution in [0.25, 0.3) is 0 Å². The molecule has 2 atom stereocenters. The second kappa shape index (κ2) is 9.11. The fourth-order valence-corrected chi connectivity index (χ4v) is 4.08. The smallest absolute Gasteiger partial charge is 0.234 e. The third-order valence-corrected chi connectivity index (χ3v) is 5.54. The van der Waals surface area contributed by atoms with Crippen molar-refractivity contribution in [3.05, 3.63) is 59.2 Å². The van der Waals surface area contributed by atoms with Gasteiger partial charge in [-0.1, -0.05) is 30.3 Å². The van der Waals surface area contributed by atoms with Crippen molar-refractivity contribution in [1.29, 1.82) is 0 Å². The molecule has 5 heteroatoms. The molecule has 1 amide bonds. The summed E-state index contributed by atoms with van der Waals surface area (Å²) < 4.78 is 10.9. The van der Waals surface area contributed by atoms with Gasteiger partial charge in [0.25, 0.3) is 0 Å². The van der Waals surface area contributed by atoms with Crippen LogP contribution in [-0.2, 0) is 4.79 Å². The number of aryl methyl sites for hydroxylation is 1. The minimum atomic E-state index is -0.00900. The van der Waals surface area contributed by atoms with Gasteiger partial charge in [0.15, 0.2) is 0 Å². The Kier molecular flexibility index (Phi) is 6.57. The molecule has 1 N–H and O–H groups in total. The second-order valence-corrected chi connectivity index (χ2v) is 7.38. The zero-order chi connectivity index (χ0) is 20.1. The molecule has 0 spiro atoms. The molecule has 2 aromatic rings. The van der Waals surface area contributed by atoms with Gasteiger partial charge in [0, 0.05) is 17.7 Å². The van der Waals surface area contributed by atoms with Gasteiger partial charge in [-0.3, -0.25) is 9.69 Å². The number of hydrogen-bond donors (Lipinski definition) is 1. The van der Waals surface area contributed by atoms with Gasteiger partial charge in [0.1, 0.15) is 11.5 Å². The number of carbonyl (C=O) groups is 1. The first-order valence-electron chi connectivity index (χ1n) is 9.84. The van der Waals surface area contributed by atoms with Crippen LogP contribution < -0.4 is 14.8 Å². The van der Waals surface area contributed by atoms with Gasteiger partial charge in [0.05, 0.1) is 26.8 Å². The molecule has 1 aliphatic heterocycles. The number of nitrogens with one attached hydrogen (secondary N) is 1. The molecule has 1 aliphatic rings. The van der Waals surface area contributed by atoms with Gasteiger partial charge in [-0.25, -0.2) is 0 Å². The Bertz CT molecular complexity index is 821. The average Bonchev–Trinajstić information content (AvgIpc) is 3.15. The van der Waals surface area contributed by atoms with Crippen LogP contribution in [0.3, 0.4) is 0 Å². The van der Waals surface area contributed by atoms with E-state index in [9.17, 15) is 4.79 Å². The predicted molar refractivity (Wildman–Crippen MR) is 111 cm³/mol. The molecule has 0 radical (unpaired) electrons. The van der Waals surface area contributed by atoms with E-state index in [4.69, 9.17) is 9.47 Å². The molecule has 2 aromatic carbocycles. The fourth-order valence-electron chi connectivity index (χ4n) is 4.08. The summed E-state index contributed by atoms with van der Waals surface area (Å²) >= 11 is 0. The highest BCUT2D eigenvalue weighted by molar-refractivity contribution is 5.78. The Morgan fingerprint density at radius 3 is 2.71 bits per heavy atom. The van der Waals surface area contributed by atoms with Gasteiger partial charge >= 0.3 is 0 Å². The summed E-state index contributed by atoms with van der Waals surface area (Å²) in [6.07, 6.45) is 2.09. The van der Waals surface area contributed by atoms with E-state index in [1.807, 2.05) is 31.2 Å². The van der Waals surface area contributed by atoms with Crippen molar-refractivity contribution in [3.63, 3.8) is 0 Å². The van der Waals surface area contributed by atoms with E-state index in [0.717, 1.165) is 42.0 Å². The Labute approximate surface area is 167 Å². The van der Waals surface area contributed by atoms with Crippen molar-refractivity contribution in [2.24, 2.45) is 0 Å². The second-order valence-electron chi connectivity index (χ2n) is 7.38. The van der Waals surface area contributed by atoms with Crippen LogP contribution in [-0.4, -0.2) is 38.1 Å². The van der Waals surface area contributed by atoms with Gasteiger partial charge < -0.3 is 14.8 Å². The minimum absolute atomic E-state index is 0.00900. The van der Waals surface area contributed by atoms with Crippen LogP contribution >= 0.6 is 0 Å². The molecule has 1 heterocycles. The molecule has 0 saturated carbocycles. The summed E-state index contributed by atoms with van der Waals surface area (Å²) in [6, 6.07) is 14.3. The topological polar surface area (TPSA) is 50.8 Å². The van der Waals surface area contributed by atoms with E-state index in [0.29, 0.717) is 6.54 Å². The van der Waals surface area contributed by atoms with E-state index in [1.165, 1.54) is 5.56 Å². The maximum Gasteiger partial charge on any atom is 0.234 e. The van der Waals surface area contributed by atoms with Crippen molar-refractivity contribution < 1.29 is 14.3 Å². The van der Waals surface area contributed by atoms with Crippen LogP contribution in [0.2, 0.25) is 0 Å². The zero-order valence-electron chi connectivity index (χ0n) is 17.2. The number of nitrogens with zero attached hydrogens (tertiary/aromatic N) is 1. The predicted octanol–water partition coefficient (Wildman–Crippen LogP) is 4.03. The van der Waals surface area contributed by atoms with E-state index >= 15 is 0 Å². The molecular formula is C23H30N2O3. The molecule has 0 unspecified atom stereocenters. The summed E-state index contributed by atoms with van der Waals surface area (Å²) in [5.41, 5.74) is 3.46. The monoisotopic (exact) mass is 382 g/mol. The number of benzene rings is 2. The van der Waals surface area contributed by atoms with Gasteiger partial charge in [-0.15, -0.1) is 0 Å². The molecule has 1 saturated heterocycles. The summed E-state index contributed by atoms with van der Waals surface area (Å²) in [5.74, 6) is 1.63. The molecule has 5 nitrogen and oxygen atoms in total. The SMILES string of the molecule is COc1ccc([C@H]2CCCN2CC(=O)N[C@H](C)c2ccccc2C)c(OC)c1. The lowest BCUT2D eigenvalue weighted by Gasteiger charge is -2.26. The lowest BCUT2D eigenvalue weighted by atomic mass is 10.0. The van der Waals surface area contributed by atoms with Crippen molar-refractivity contribution in [2.75, 3.05) is 27.3 Å². The first kappa shape index (κ1) is 20.2. The summed E-state index contributed by atoms with van der Waals surface area (Å²) in [4.78, 5) is 15.0. The largest absolute Gasteiger partial charge is 0.497 e. The highest BCUT2D eigenvalue weighted by Crippen LogP contribution is 2.38. The minimum Gasteiger partial charge on any atom is -0.497 e. The van der Waals surface area contributed by atoms with Crippen LogP contribution in [0.5, 0.6) is 11.5 Å². The molecule has 0 aliphatic carbocycles. The van der Waals surface area contributed by atoms with Crippen molar-refractivity contribution in [1.82, 2.24) is 10.2 Å². The van der Waals surface area contributed by atoms with Crippen molar-refractivity contribution in [3.8, 4) is 11.5 Å². The lowest BCUT2D eigenvalue weighted by molar-refractivity contribution is -0.123. The first-order valence-corrected chi connectivity index (χ1v) is 9.84. The Hall–Kier alpha value is -2.53. The molecule has 0 bridgehead atoms. The molecule has 0 aromatic heterocycles. The molecule has 3 rings (SSSR count). The molecule has 28 heavy (non-hydrogen) atoms. The summed E-state index contributed by atoms with van der Waals surface area (Å²) in [5, 5.41) is 3.15. The highest BCUT2D eigenvalue weighted by atomic mass is 16.5. The van der Waals surface area contributed by atoms with E-state index in [2.05, 4.69) is 35.3 Å². The number of likely N-dealkylation sites (tertiary alicyclic amines) is 1. The normalized spacial score (nSPS) is 17.9. The maximum absolute atomic E-state index is 12.7. The van der Waals surface area contributed by atoms with Crippen molar-refractivity contribution in [2.45, 2.75) is 38.8 Å². The Morgan fingerprint density at radius 1 is 1.21 bits per heavy atom. The Morgan fingerprint density at radius 2 is 2.00 bits per heavy atom. The Balaban J connectivity index is 1.68. The number of amides is 1. The van der Waals surface area contributed by atoms with E-state index in [-0.39, 0.29) is 18.0 Å². The average molecular weight is 383 g/mol. The molecule has 150 valence electrons. The summed E-state index contributed by atoms with van der Waals surface area (Å²) in [6.45, 7) is 5.40. The number of ether oxygens (including phenoxy) is 2. The lowest BCUT2D eigenvalue weighted by Crippen LogP contribution is -2.38. The zero-order valence-corrected chi connectivity index (χ0v) is 17.2. The quantitative estimate of drug-likeness (QED) is 0.786. The van der Waals surface area contributed by atoms with Crippen LogP contribution in [0.4, 0.5) is 0 Å². The first-order chi connectivity index (χ1) is 13.5. The van der Waals surface area contributed by atoms with E-state index < -0.39 is 0 Å². The van der Waals surface area contributed by atoms with Gasteiger partial charge in [0.2, 0.25) is 5.91 Å². The van der Waals surface area contributed by atoms with E-state index in [1.54, 1.807) is 14.2 Å². The highest BCUT2D eigenvalue weighted by Gasteiger charge is 2.30. The van der Waals surface area contributed by atoms with Crippen LogP contribution in [0.1, 0.15) is 48.5 Å². The third-order valence-electron chi connectivity index (χ3n) is 5.54.